The second kappa shape index (κ2) is 6.84. The topological polar surface area (TPSA) is 3.24 Å². The van der Waals surface area contributed by atoms with E-state index in [0.717, 1.165) is 0 Å². The van der Waals surface area contributed by atoms with Gasteiger partial charge in [-0.3, -0.25) is 0 Å². The largest absolute Gasteiger partial charge is 1.00 e. The number of hydrogen-bond donors (Lipinski definition) is 0. The van der Waals surface area contributed by atoms with E-state index in [4.69, 9.17) is 0 Å². The molecule has 0 bridgehead atoms. The van der Waals surface area contributed by atoms with Crippen LogP contribution in [0.2, 0.25) is 0 Å². The number of halogens is 3. The molecular formula is C6H14BF3KN. The van der Waals surface area contributed by atoms with Crippen molar-refractivity contribution < 1.29 is 64.3 Å². The number of rotatable bonds is 4. The fraction of sp³-hybridized carbons (Fsp3) is 1.00. The summed E-state index contributed by atoms with van der Waals surface area (Å²) in [6.45, 7) is -0.342. The molecule has 0 N–H and O–H groups in total. The van der Waals surface area contributed by atoms with Crippen LogP contribution in [0.1, 0.15) is 13.8 Å². The van der Waals surface area contributed by atoms with Gasteiger partial charge in [-0.15, -0.1) is 0 Å². The maximum atomic E-state index is 11.8. The monoisotopic (exact) mass is 207 g/mol. The normalized spacial score (nSPS) is 12.0. The van der Waals surface area contributed by atoms with Crippen molar-refractivity contribution in [3.05, 3.63) is 0 Å². The smallest absolute Gasteiger partial charge is 0.448 e. The first kappa shape index (κ1) is 15.9. The zero-order valence-electron chi connectivity index (χ0n) is 8.15. The van der Waals surface area contributed by atoms with E-state index in [-0.39, 0.29) is 57.3 Å². The zero-order valence-corrected chi connectivity index (χ0v) is 11.3. The molecule has 0 rings (SSSR count). The molecule has 0 aromatic carbocycles. The van der Waals surface area contributed by atoms with Crippen LogP contribution in [0.25, 0.3) is 0 Å². The van der Waals surface area contributed by atoms with Gasteiger partial charge in [0.15, 0.2) is 0 Å². The van der Waals surface area contributed by atoms with Gasteiger partial charge in [-0.05, 0) is 26.0 Å². The summed E-state index contributed by atoms with van der Waals surface area (Å²) in [6, 6.07) is 0. The van der Waals surface area contributed by atoms with Crippen LogP contribution in [0.5, 0.6) is 0 Å². The van der Waals surface area contributed by atoms with E-state index in [2.05, 4.69) is 0 Å². The molecule has 12 heavy (non-hydrogen) atoms. The van der Waals surface area contributed by atoms with Crippen LogP contribution in [-0.4, -0.2) is 31.9 Å². The van der Waals surface area contributed by atoms with E-state index in [1.54, 1.807) is 0 Å². The van der Waals surface area contributed by atoms with E-state index in [0.29, 0.717) is 6.54 Å². The molecule has 0 aliphatic heterocycles. The molecule has 0 spiro atoms. The van der Waals surface area contributed by atoms with Gasteiger partial charge in [-0.25, -0.2) is 0 Å². The Kier molecular flexibility index (Phi) is 9.06. The average molecular weight is 207 g/mol. The van der Waals surface area contributed by atoms with Crippen molar-refractivity contribution in [1.29, 1.82) is 0 Å². The van der Waals surface area contributed by atoms with Crippen LogP contribution in [0.3, 0.4) is 0 Å². The van der Waals surface area contributed by atoms with E-state index < -0.39 is 13.4 Å². The van der Waals surface area contributed by atoms with Crippen molar-refractivity contribution >= 4 is 6.98 Å². The third kappa shape index (κ3) is 11.5. The van der Waals surface area contributed by atoms with E-state index in [1.807, 2.05) is 13.8 Å². The van der Waals surface area contributed by atoms with Crippen molar-refractivity contribution in [3.8, 4) is 0 Å². The van der Waals surface area contributed by atoms with Crippen LogP contribution in [0.4, 0.5) is 12.9 Å². The third-order valence-corrected chi connectivity index (χ3v) is 1.20. The summed E-state index contributed by atoms with van der Waals surface area (Å²) in [7, 11) is 1.50. The van der Waals surface area contributed by atoms with Gasteiger partial charge in [0.25, 0.3) is 0 Å². The molecule has 0 amide bonds. The zero-order chi connectivity index (χ0) is 9.07. The molecule has 0 saturated heterocycles. The number of hydrogen-bond acceptors (Lipinski definition) is 1. The minimum absolute atomic E-state index is 0. The Bertz CT molecular complexity index is 118. The van der Waals surface area contributed by atoms with Gasteiger partial charge in [-0.1, -0.05) is 13.8 Å². The Morgan fingerprint density at radius 3 is 1.92 bits per heavy atom. The quantitative estimate of drug-likeness (QED) is 0.532. The molecule has 0 radical (unpaired) electrons. The first-order chi connectivity index (χ1) is 4.81. The molecule has 68 valence electrons. The van der Waals surface area contributed by atoms with Crippen LogP contribution in [-0.2, 0) is 0 Å². The van der Waals surface area contributed by atoms with E-state index in [1.165, 1.54) is 11.9 Å². The van der Waals surface area contributed by atoms with Gasteiger partial charge in [0.1, 0.15) is 0 Å². The molecule has 0 aliphatic rings. The molecule has 0 aromatic rings. The summed E-state index contributed by atoms with van der Waals surface area (Å²) in [5.41, 5.74) is 0. The second-order valence-corrected chi connectivity index (χ2v) is 3.33. The molecule has 0 atom stereocenters. The fourth-order valence-electron chi connectivity index (χ4n) is 1.05. The molecule has 6 heteroatoms. The number of nitrogens with zero attached hydrogens (tertiary/aromatic N) is 1. The Morgan fingerprint density at radius 2 is 1.67 bits per heavy atom. The maximum Gasteiger partial charge on any atom is 1.00 e. The third-order valence-electron chi connectivity index (χ3n) is 1.20. The first-order valence-corrected chi connectivity index (χ1v) is 3.71. The molecule has 0 fully saturated rings. The van der Waals surface area contributed by atoms with Crippen molar-refractivity contribution in [1.82, 2.24) is 4.90 Å². The van der Waals surface area contributed by atoms with Gasteiger partial charge in [0.05, 0.1) is 0 Å². The minimum Gasteiger partial charge on any atom is -0.448 e. The standard InChI is InChI=1S/C6H14BF3N.K/c1-6(2)4-11(3)5-7(8,9)10;/h6H,4-5H2,1-3H3;/q-1;+1. The Labute approximate surface area is 115 Å². The average Bonchev–Trinajstić information content (AvgIpc) is 1.53. The second-order valence-electron chi connectivity index (χ2n) is 3.33. The van der Waals surface area contributed by atoms with Gasteiger partial charge in [-0.2, -0.15) is 0 Å². The molecule has 0 saturated carbocycles. The van der Waals surface area contributed by atoms with Crippen LogP contribution in [0.15, 0.2) is 0 Å². The van der Waals surface area contributed by atoms with Crippen molar-refractivity contribution in [2.24, 2.45) is 5.92 Å². The van der Waals surface area contributed by atoms with Crippen molar-refractivity contribution in [2.75, 3.05) is 20.0 Å². The van der Waals surface area contributed by atoms with Gasteiger partial charge < -0.3 is 17.8 Å². The predicted molar refractivity (Wildman–Crippen MR) is 41.4 cm³/mol. The van der Waals surface area contributed by atoms with Crippen molar-refractivity contribution in [3.63, 3.8) is 0 Å². The summed E-state index contributed by atoms with van der Waals surface area (Å²) in [6.07, 6.45) is -0.752. The fourth-order valence-corrected chi connectivity index (χ4v) is 1.05. The Hall–Kier alpha value is 1.45. The molecule has 1 nitrogen and oxygen atoms in total. The van der Waals surface area contributed by atoms with E-state index in [9.17, 15) is 12.9 Å². The van der Waals surface area contributed by atoms with Gasteiger partial charge >= 0.3 is 58.4 Å². The van der Waals surface area contributed by atoms with Crippen LogP contribution in [0, 0.1) is 5.92 Å². The van der Waals surface area contributed by atoms with E-state index >= 15 is 0 Å². The Morgan fingerprint density at radius 1 is 1.25 bits per heavy atom. The summed E-state index contributed by atoms with van der Waals surface area (Å²) in [4.78, 5) is 1.31. The molecule has 0 unspecified atom stereocenters. The SMILES string of the molecule is CC(C)CN(C)C[B-](F)(F)F.[K+]. The van der Waals surface area contributed by atoms with Gasteiger partial charge in [0.2, 0.25) is 0 Å². The van der Waals surface area contributed by atoms with Crippen molar-refractivity contribution in [2.45, 2.75) is 13.8 Å². The molecule has 0 heterocycles. The molecule has 0 aliphatic carbocycles. The summed E-state index contributed by atoms with van der Waals surface area (Å²) in [5, 5.41) is 0. The molecular weight excluding hydrogens is 193 g/mol. The first-order valence-electron chi connectivity index (χ1n) is 3.71. The summed E-state index contributed by atoms with van der Waals surface area (Å²) < 4.78 is 35.3. The molecule has 0 aromatic heterocycles. The van der Waals surface area contributed by atoms with Crippen LogP contribution >= 0.6 is 0 Å². The summed E-state index contributed by atoms with van der Waals surface area (Å²) in [5.74, 6) is 0.290. The Balaban J connectivity index is 0. The predicted octanol–water partition coefficient (Wildman–Crippen LogP) is -1.04. The summed E-state index contributed by atoms with van der Waals surface area (Å²) >= 11 is 0. The minimum atomic E-state index is -4.65. The van der Waals surface area contributed by atoms with Crippen LogP contribution < -0.4 is 51.4 Å². The maximum absolute atomic E-state index is 11.8. The van der Waals surface area contributed by atoms with Gasteiger partial charge in [0, 0.05) is 0 Å².